The fraction of sp³-hybridized carbons (Fsp3) is 0.278. The van der Waals surface area contributed by atoms with E-state index in [1.807, 2.05) is 60.7 Å². The number of carbonyl (C=O) groups is 1. The lowest BCUT2D eigenvalue weighted by Crippen LogP contribution is -2.42. The second-order valence-corrected chi connectivity index (χ2v) is 5.19. The van der Waals surface area contributed by atoms with Gasteiger partial charge in [0, 0.05) is 18.7 Å². The molecule has 3 rings (SSSR count). The van der Waals surface area contributed by atoms with E-state index in [4.69, 9.17) is 4.74 Å². The van der Waals surface area contributed by atoms with Crippen molar-refractivity contribution in [2.24, 2.45) is 0 Å². The number of nitrogens with zero attached hydrogens (tertiary/aromatic N) is 1. The van der Waals surface area contributed by atoms with E-state index >= 15 is 0 Å². The Kier molecular flexibility index (Phi) is 4.43. The van der Waals surface area contributed by atoms with E-state index in [9.17, 15) is 4.79 Å². The summed E-state index contributed by atoms with van der Waals surface area (Å²) in [6.07, 6.45) is 0. The second-order valence-electron chi connectivity index (χ2n) is 5.19. The maximum Gasteiger partial charge on any atom is 0.184 e. The summed E-state index contributed by atoms with van der Waals surface area (Å²) in [5, 5.41) is 0. The smallest absolute Gasteiger partial charge is 0.184 e. The van der Waals surface area contributed by atoms with Crippen molar-refractivity contribution in [3.05, 3.63) is 71.8 Å². The van der Waals surface area contributed by atoms with Gasteiger partial charge in [-0.05, 0) is 5.56 Å². The molecule has 1 aliphatic rings. The maximum absolute atomic E-state index is 13.0. The van der Waals surface area contributed by atoms with Crippen molar-refractivity contribution in [2.45, 2.75) is 6.04 Å². The Morgan fingerprint density at radius 1 is 0.905 bits per heavy atom. The summed E-state index contributed by atoms with van der Waals surface area (Å²) in [5.74, 6) is 0.156. The molecule has 3 nitrogen and oxygen atoms in total. The third-order valence-corrected chi connectivity index (χ3v) is 3.83. The summed E-state index contributed by atoms with van der Waals surface area (Å²) in [6, 6.07) is 19.3. The Labute approximate surface area is 125 Å². The number of rotatable bonds is 4. The van der Waals surface area contributed by atoms with Crippen molar-refractivity contribution in [1.29, 1.82) is 0 Å². The van der Waals surface area contributed by atoms with Gasteiger partial charge in [0.2, 0.25) is 0 Å². The number of benzene rings is 2. The largest absolute Gasteiger partial charge is 0.379 e. The predicted octanol–water partition coefficient (Wildman–Crippen LogP) is 2.94. The number of Topliss-reactive ketones (excluding diaryl/α,β-unsaturated/α-hetero) is 1. The van der Waals surface area contributed by atoms with Crippen LogP contribution in [-0.2, 0) is 4.74 Å². The molecule has 108 valence electrons. The Morgan fingerprint density at radius 3 is 2.10 bits per heavy atom. The number of hydrogen-bond donors (Lipinski definition) is 0. The first kappa shape index (κ1) is 14.0. The quantitative estimate of drug-likeness (QED) is 0.807. The number of ether oxygens (including phenoxy) is 1. The minimum atomic E-state index is -0.225. The molecule has 1 saturated heterocycles. The van der Waals surface area contributed by atoms with E-state index in [0.29, 0.717) is 13.2 Å². The van der Waals surface area contributed by atoms with Crippen LogP contribution in [0.5, 0.6) is 0 Å². The summed E-state index contributed by atoms with van der Waals surface area (Å²) in [6.45, 7) is 2.95. The van der Waals surface area contributed by atoms with E-state index in [1.165, 1.54) is 0 Å². The first-order valence-corrected chi connectivity index (χ1v) is 7.32. The van der Waals surface area contributed by atoms with Crippen molar-refractivity contribution in [2.75, 3.05) is 26.3 Å². The summed E-state index contributed by atoms with van der Waals surface area (Å²) in [7, 11) is 0. The van der Waals surface area contributed by atoms with Gasteiger partial charge in [-0.1, -0.05) is 60.7 Å². The van der Waals surface area contributed by atoms with Crippen LogP contribution >= 0.6 is 0 Å². The molecule has 0 amide bonds. The van der Waals surface area contributed by atoms with Gasteiger partial charge in [-0.3, -0.25) is 9.69 Å². The third-order valence-electron chi connectivity index (χ3n) is 3.83. The molecule has 3 heteroatoms. The topological polar surface area (TPSA) is 29.5 Å². The molecular formula is C18H19NO2. The van der Waals surface area contributed by atoms with Gasteiger partial charge >= 0.3 is 0 Å². The van der Waals surface area contributed by atoms with Gasteiger partial charge in [-0.2, -0.15) is 0 Å². The minimum absolute atomic E-state index is 0.156. The molecule has 1 aliphatic heterocycles. The van der Waals surface area contributed by atoms with Crippen LogP contribution in [0.3, 0.4) is 0 Å². The number of ketones is 1. The lowest BCUT2D eigenvalue weighted by molar-refractivity contribution is 0.0172. The highest BCUT2D eigenvalue weighted by Crippen LogP contribution is 2.26. The summed E-state index contributed by atoms with van der Waals surface area (Å²) in [4.78, 5) is 15.2. The van der Waals surface area contributed by atoms with Gasteiger partial charge in [0.15, 0.2) is 5.78 Å². The van der Waals surface area contributed by atoms with Gasteiger partial charge in [0.25, 0.3) is 0 Å². The third kappa shape index (κ3) is 3.20. The first-order chi connectivity index (χ1) is 10.4. The van der Waals surface area contributed by atoms with Gasteiger partial charge in [-0.25, -0.2) is 0 Å². The van der Waals surface area contributed by atoms with Gasteiger partial charge in [0.1, 0.15) is 0 Å². The number of morpholine rings is 1. The Hall–Kier alpha value is -1.97. The highest BCUT2D eigenvalue weighted by atomic mass is 16.5. The molecular weight excluding hydrogens is 262 g/mol. The summed E-state index contributed by atoms with van der Waals surface area (Å²) >= 11 is 0. The average Bonchev–Trinajstić information content (AvgIpc) is 2.58. The fourth-order valence-electron chi connectivity index (χ4n) is 2.76. The Bertz CT molecular complexity index is 577. The molecule has 21 heavy (non-hydrogen) atoms. The molecule has 0 spiro atoms. The van der Waals surface area contributed by atoms with Crippen molar-refractivity contribution >= 4 is 5.78 Å². The average molecular weight is 281 g/mol. The minimum Gasteiger partial charge on any atom is -0.379 e. The van der Waals surface area contributed by atoms with E-state index < -0.39 is 0 Å². The monoisotopic (exact) mass is 281 g/mol. The second kappa shape index (κ2) is 6.66. The van der Waals surface area contributed by atoms with Crippen LogP contribution in [0.15, 0.2) is 60.7 Å². The Balaban J connectivity index is 1.94. The molecule has 1 unspecified atom stereocenters. The molecule has 2 aromatic carbocycles. The van der Waals surface area contributed by atoms with Crippen molar-refractivity contribution in [3.63, 3.8) is 0 Å². The normalized spacial score (nSPS) is 17.3. The van der Waals surface area contributed by atoms with E-state index in [-0.39, 0.29) is 11.8 Å². The van der Waals surface area contributed by atoms with E-state index in [1.54, 1.807) is 0 Å². The molecule has 0 saturated carbocycles. The zero-order valence-corrected chi connectivity index (χ0v) is 11.9. The van der Waals surface area contributed by atoms with Crippen molar-refractivity contribution in [3.8, 4) is 0 Å². The molecule has 0 radical (unpaired) electrons. The zero-order valence-electron chi connectivity index (χ0n) is 11.9. The molecule has 1 heterocycles. The zero-order chi connectivity index (χ0) is 14.5. The lowest BCUT2D eigenvalue weighted by Gasteiger charge is -2.33. The number of carbonyl (C=O) groups excluding carboxylic acids is 1. The summed E-state index contributed by atoms with van der Waals surface area (Å²) in [5.41, 5.74) is 1.81. The van der Waals surface area contributed by atoms with E-state index in [2.05, 4.69) is 4.90 Å². The van der Waals surface area contributed by atoms with Crippen LogP contribution in [0.4, 0.5) is 0 Å². The van der Waals surface area contributed by atoms with Crippen LogP contribution < -0.4 is 0 Å². The van der Waals surface area contributed by atoms with Gasteiger partial charge < -0.3 is 4.74 Å². The highest BCUT2D eigenvalue weighted by Gasteiger charge is 2.29. The Morgan fingerprint density at radius 2 is 1.48 bits per heavy atom. The van der Waals surface area contributed by atoms with E-state index in [0.717, 1.165) is 24.2 Å². The molecule has 0 aliphatic carbocycles. The van der Waals surface area contributed by atoms with Crippen LogP contribution in [0.2, 0.25) is 0 Å². The van der Waals surface area contributed by atoms with Crippen molar-refractivity contribution in [1.82, 2.24) is 4.90 Å². The predicted molar refractivity (Wildman–Crippen MR) is 82.3 cm³/mol. The molecule has 2 aromatic rings. The molecule has 1 fully saturated rings. The van der Waals surface area contributed by atoms with Crippen LogP contribution in [0.1, 0.15) is 22.0 Å². The van der Waals surface area contributed by atoms with Crippen molar-refractivity contribution < 1.29 is 9.53 Å². The van der Waals surface area contributed by atoms with Crippen LogP contribution in [0.25, 0.3) is 0 Å². The van der Waals surface area contributed by atoms with Gasteiger partial charge in [0.05, 0.1) is 19.3 Å². The molecule has 0 bridgehead atoms. The number of hydrogen-bond acceptors (Lipinski definition) is 3. The SMILES string of the molecule is O=C(c1ccccc1)C(c1ccccc1)N1CCOCC1. The maximum atomic E-state index is 13.0. The standard InChI is InChI=1S/C18H19NO2/c20-18(16-9-5-2-6-10-16)17(15-7-3-1-4-8-15)19-11-13-21-14-12-19/h1-10,17H,11-14H2. The van der Waals surface area contributed by atoms with Crippen LogP contribution in [0, 0.1) is 0 Å². The van der Waals surface area contributed by atoms with Crippen LogP contribution in [-0.4, -0.2) is 37.0 Å². The highest BCUT2D eigenvalue weighted by molar-refractivity contribution is 6.00. The lowest BCUT2D eigenvalue weighted by atomic mass is 9.95. The fourth-order valence-corrected chi connectivity index (χ4v) is 2.76. The molecule has 1 atom stereocenters. The summed E-state index contributed by atoms with van der Waals surface area (Å²) < 4.78 is 5.42. The molecule has 0 aromatic heterocycles. The first-order valence-electron chi connectivity index (χ1n) is 7.32. The molecule has 0 N–H and O–H groups in total. The van der Waals surface area contributed by atoms with Gasteiger partial charge in [-0.15, -0.1) is 0 Å².